The van der Waals surface area contributed by atoms with Crippen molar-refractivity contribution in [3.63, 3.8) is 0 Å². The van der Waals surface area contributed by atoms with Crippen LogP contribution in [0, 0.1) is 5.82 Å². The summed E-state index contributed by atoms with van der Waals surface area (Å²) in [5, 5.41) is 4.35. The second-order valence-corrected chi connectivity index (χ2v) is 5.90. The van der Waals surface area contributed by atoms with Crippen molar-refractivity contribution in [2.75, 3.05) is 5.43 Å². The molecule has 0 aliphatic carbocycles. The molecule has 112 valence electrons. The van der Waals surface area contributed by atoms with Gasteiger partial charge in [0, 0.05) is 18.7 Å². The maximum atomic E-state index is 12.8. The van der Waals surface area contributed by atoms with Gasteiger partial charge in [-0.3, -0.25) is 20.3 Å². The zero-order valence-corrected chi connectivity index (χ0v) is 12.6. The number of hydrogen-bond donors (Lipinski definition) is 2. The number of rotatable bonds is 3. The second kappa shape index (κ2) is 5.55. The van der Waals surface area contributed by atoms with Gasteiger partial charge >= 0.3 is 0 Å². The van der Waals surface area contributed by atoms with Crippen LogP contribution in [-0.4, -0.2) is 15.7 Å². The molecule has 21 heavy (non-hydrogen) atoms. The van der Waals surface area contributed by atoms with Gasteiger partial charge in [-0.2, -0.15) is 5.10 Å². The van der Waals surface area contributed by atoms with Gasteiger partial charge in [0.05, 0.1) is 16.9 Å². The van der Waals surface area contributed by atoms with E-state index in [2.05, 4.69) is 16.0 Å². The smallest absolute Gasteiger partial charge is 0.273 e. The second-order valence-electron chi connectivity index (χ2n) is 5.90. The molecule has 2 N–H and O–H groups in total. The Bertz CT molecular complexity index is 641. The zero-order valence-electron chi connectivity index (χ0n) is 12.6. The van der Waals surface area contributed by atoms with Gasteiger partial charge in [0.1, 0.15) is 5.82 Å². The molecule has 0 fully saturated rings. The Morgan fingerprint density at radius 1 is 1.24 bits per heavy atom. The first kappa shape index (κ1) is 15.0. The molecule has 0 aliphatic heterocycles. The number of nitrogens with zero attached hydrogens (tertiary/aromatic N) is 2. The van der Waals surface area contributed by atoms with Crippen LogP contribution in [0.15, 0.2) is 30.5 Å². The lowest BCUT2D eigenvalue weighted by molar-refractivity contribution is 0.0960. The van der Waals surface area contributed by atoms with Crippen LogP contribution >= 0.6 is 0 Å². The zero-order chi connectivity index (χ0) is 15.6. The molecular weight excluding hydrogens is 271 g/mol. The number of aromatic nitrogens is 2. The fraction of sp³-hybridized carbons (Fsp3) is 0.333. The van der Waals surface area contributed by atoms with Crippen molar-refractivity contribution < 1.29 is 9.18 Å². The van der Waals surface area contributed by atoms with Crippen LogP contribution in [0.2, 0.25) is 0 Å². The van der Waals surface area contributed by atoms with Gasteiger partial charge < -0.3 is 0 Å². The summed E-state index contributed by atoms with van der Waals surface area (Å²) in [6.45, 7) is 6.00. The molecule has 0 radical (unpaired) electrons. The van der Waals surface area contributed by atoms with E-state index in [9.17, 15) is 9.18 Å². The highest BCUT2D eigenvalue weighted by atomic mass is 19.1. The number of nitrogens with one attached hydrogen (secondary N) is 2. The van der Waals surface area contributed by atoms with Crippen molar-refractivity contribution in [3.05, 3.63) is 47.5 Å². The van der Waals surface area contributed by atoms with Crippen LogP contribution in [0.5, 0.6) is 0 Å². The van der Waals surface area contributed by atoms with Gasteiger partial charge in [-0.25, -0.2) is 4.39 Å². The summed E-state index contributed by atoms with van der Waals surface area (Å²) in [5.74, 6) is -0.605. The van der Waals surface area contributed by atoms with Gasteiger partial charge in [0.2, 0.25) is 0 Å². The monoisotopic (exact) mass is 290 g/mol. The van der Waals surface area contributed by atoms with Crippen LogP contribution < -0.4 is 10.9 Å². The van der Waals surface area contributed by atoms with E-state index in [1.165, 1.54) is 12.1 Å². The Kier molecular flexibility index (Phi) is 3.97. The van der Waals surface area contributed by atoms with Gasteiger partial charge in [0.15, 0.2) is 0 Å². The van der Waals surface area contributed by atoms with E-state index in [1.807, 2.05) is 20.8 Å². The highest BCUT2D eigenvalue weighted by Crippen LogP contribution is 2.24. The molecule has 1 amide bonds. The molecule has 6 heteroatoms. The van der Waals surface area contributed by atoms with Gasteiger partial charge in [-0.1, -0.05) is 20.8 Å². The van der Waals surface area contributed by atoms with Crippen LogP contribution in [-0.2, 0) is 12.5 Å². The SMILES string of the molecule is Cn1cc(C(=O)NNc2ccc(F)cc2)c(C(C)(C)C)n1. The summed E-state index contributed by atoms with van der Waals surface area (Å²) in [6, 6.07) is 5.73. The van der Waals surface area contributed by atoms with Crippen molar-refractivity contribution >= 4 is 11.6 Å². The van der Waals surface area contributed by atoms with Crippen LogP contribution in [0.4, 0.5) is 10.1 Å². The van der Waals surface area contributed by atoms with E-state index in [0.29, 0.717) is 11.3 Å². The molecule has 0 spiro atoms. The average Bonchev–Trinajstić information content (AvgIpc) is 2.80. The fourth-order valence-electron chi connectivity index (χ4n) is 1.94. The highest BCUT2D eigenvalue weighted by Gasteiger charge is 2.25. The molecule has 1 aromatic carbocycles. The lowest BCUT2D eigenvalue weighted by atomic mass is 9.89. The first-order chi connectivity index (χ1) is 9.77. The molecule has 0 atom stereocenters. The molecular formula is C15H19FN4O. The molecule has 2 aromatic rings. The summed E-state index contributed by atoms with van der Waals surface area (Å²) in [6.07, 6.45) is 1.68. The quantitative estimate of drug-likeness (QED) is 0.854. The first-order valence-corrected chi connectivity index (χ1v) is 6.63. The Balaban J connectivity index is 2.12. The van der Waals surface area contributed by atoms with E-state index in [1.54, 1.807) is 30.1 Å². The number of anilines is 1. The lowest BCUT2D eigenvalue weighted by Crippen LogP contribution is -2.31. The number of carbonyl (C=O) groups excluding carboxylic acids is 1. The van der Waals surface area contributed by atoms with E-state index >= 15 is 0 Å². The summed E-state index contributed by atoms with van der Waals surface area (Å²) in [7, 11) is 1.78. The number of benzene rings is 1. The molecule has 0 bridgehead atoms. The maximum absolute atomic E-state index is 12.8. The van der Waals surface area contributed by atoms with E-state index < -0.39 is 0 Å². The van der Waals surface area contributed by atoms with E-state index in [0.717, 1.165) is 5.69 Å². The molecule has 1 heterocycles. The number of halogens is 1. The maximum Gasteiger partial charge on any atom is 0.273 e. The van der Waals surface area contributed by atoms with Crippen LogP contribution in [0.1, 0.15) is 36.8 Å². The third-order valence-corrected chi connectivity index (χ3v) is 2.95. The first-order valence-electron chi connectivity index (χ1n) is 6.63. The largest absolute Gasteiger partial charge is 0.298 e. The van der Waals surface area contributed by atoms with Crippen LogP contribution in [0.25, 0.3) is 0 Å². The standard InChI is InChI=1S/C15H19FN4O/c1-15(2,3)13-12(9-20(4)19-13)14(21)18-17-11-7-5-10(16)6-8-11/h5-9,17H,1-4H3,(H,18,21). The Morgan fingerprint density at radius 2 is 1.86 bits per heavy atom. The number of hydrogen-bond acceptors (Lipinski definition) is 3. The Morgan fingerprint density at radius 3 is 2.43 bits per heavy atom. The lowest BCUT2D eigenvalue weighted by Gasteiger charge is -2.17. The van der Waals surface area contributed by atoms with Crippen molar-refractivity contribution in [1.29, 1.82) is 0 Å². The minimum absolute atomic E-state index is 0.232. The number of amides is 1. The topological polar surface area (TPSA) is 59.0 Å². The fourth-order valence-corrected chi connectivity index (χ4v) is 1.94. The summed E-state index contributed by atoms with van der Waals surface area (Å²) >= 11 is 0. The molecule has 0 saturated carbocycles. The van der Waals surface area contributed by atoms with Gasteiger partial charge in [0.25, 0.3) is 5.91 Å². The molecule has 0 saturated heterocycles. The van der Waals surface area contributed by atoms with Gasteiger partial charge in [-0.05, 0) is 24.3 Å². The van der Waals surface area contributed by atoms with E-state index in [4.69, 9.17) is 0 Å². The molecule has 0 unspecified atom stereocenters. The summed E-state index contributed by atoms with van der Waals surface area (Å²) < 4.78 is 14.4. The highest BCUT2D eigenvalue weighted by molar-refractivity contribution is 5.96. The third-order valence-electron chi connectivity index (χ3n) is 2.95. The predicted molar refractivity (Wildman–Crippen MR) is 79.4 cm³/mol. The van der Waals surface area contributed by atoms with E-state index in [-0.39, 0.29) is 17.1 Å². The number of carbonyl (C=O) groups is 1. The summed E-state index contributed by atoms with van der Waals surface area (Å²) in [5.41, 5.74) is 6.96. The van der Waals surface area contributed by atoms with Gasteiger partial charge in [-0.15, -0.1) is 0 Å². The predicted octanol–water partition coefficient (Wildman–Crippen LogP) is 2.61. The van der Waals surface area contributed by atoms with Crippen molar-refractivity contribution in [3.8, 4) is 0 Å². The number of hydrazine groups is 1. The normalized spacial score (nSPS) is 11.3. The average molecular weight is 290 g/mol. The molecule has 0 aliphatic rings. The van der Waals surface area contributed by atoms with Crippen molar-refractivity contribution in [2.24, 2.45) is 7.05 Å². The summed E-state index contributed by atoms with van der Waals surface area (Å²) in [4.78, 5) is 12.3. The minimum atomic E-state index is -0.325. The van der Waals surface area contributed by atoms with Crippen molar-refractivity contribution in [1.82, 2.24) is 15.2 Å². The third kappa shape index (κ3) is 3.59. The Hall–Kier alpha value is -2.37. The van der Waals surface area contributed by atoms with Crippen LogP contribution in [0.3, 0.4) is 0 Å². The van der Waals surface area contributed by atoms with Crippen molar-refractivity contribution in [2.45, 2.75) is 26.2 Å². The number of aryl methyl sites for hydroxylation is 1. The molecule has 1 aromatic heterocycles. The molecule has 5 nitrogen and oxygen atoms in total. The molecule has 2 rings (SSSR count). The Labute approximate surface area is 123 Å². The minimum Gasteiger partial charge on any atom is -0.298 e.